The predicted molar refractivity (Wildman–Crippen MR) is 1.37 cm³/mol. The predicted octanol–water partition coefficient (Wildman–Crippen LogP) is -0.240. The summed E-state index contributed by atoms with van der Waals surface area (Å²) in [6.07, 6.45) is 0. The smallest absolute Gasteiger partial charge is 2.00 e. The zero-order chi connectivity index (χ0) is 0. The topological polar surface area (TPSA) is 57.0 Å². The molecule has 0 aromatic heterocycles. The van der Waals surface area contributed by atoms with Gasteiger partial charge in [-0.25, -0.2) is 0 Å². The summed E-state index contributed by atoms with van der Waals surface area (Å²) in [5.41, 5.74) is 0. The van der Waals surface area contributed by atoms with Crippen molar-refractivity contribution in [3.05, 3.63) is 0 Å². The first kappa shape index (κ1) is 40.6. The van der Waals surface area contributed by atoms with E-state index < -0.39 is 0 Å². The van der Waals surface area contributed by atoms with Crippen molar-refractivity contribution in [2.75, 3.05) is 0 Å². The number of rotatable bonds is 0. The Hall–Kier alpha value is 1.83. The fourth-order valence-corrected chi connectivity index (χ4v) is 0. The van der Waals surface area contributed by atoms with Gasteiger partial charge in [-0.2, -0.15) is 0 Å². The molecule has 0 heterocycles. The van der Waals surface area contributed by atoms with Gasteiger partial charge in [0, 0.05) is 35.6 Å². The minimum atomic E-state index is 0. The van der Waals surface area contributed by atoms with Gasteiger partial charge in [0.05, 0.1) is 0 Å². The van der Waals surface area contributed by atoms with Gasteiger partial charge in [-0.1, -0.05) is 0 Å². The SMILES string of the molecule is [La].[O-2].[O-2].[Ti+4]. The molecule has 0 fully saturated rings. The zero-order valence-electron chi connectivity index (χ0n) is 1.89. The fraction of sp³-hybridized carbons (Fsp3) is 0. The maximum atomic E-state index is 0. The quantitative estimate of drug-likeness (QED) is 0.504. The molecule has 0 saturated carbocycles. The summed E-state index contributed by atoms with van der Waals surface area (Å²) < 4.78 is 0. The molecular formula is LaO2Ti. The van der Waals surface area contributed by atoms with Gasteiger partial charge in [0.1, 0.15) is 0 Å². The molecule has 0 aromatic rings. The van der Waals surface area contributed by atoms with Crippen LogP contribution >= 0.6 is 0 Å². The van der Waals surface area contributed by atoms with E-state index in [1.807, 2.05) is 0 Å². The van der Waals surface area contributed by atoms with Crippen molar-refractivity contribution in [2.45, 2.75) is 0 Å². The van der Waals surface area contributed by atoms with Crippen molar-refractivity contribution in [1.29, 1.82) is 0 Å². The molecule has 0 rings (SSSR count). The van der Waals surface area contributed by atoms with Gasteiger partial charge in [-0.3, -0.25) is 0 Å². The van der Waals surface area contributed by atoms with Gasteiger partial charge >= 0.3 is 21.7 Å². The second kappa shape index (κ2) is 21.2. The van der Waals surface area contributed by atoms with E-state index in [9.17, 15) is 0 Å². The summed E-state index contributed by atoms with van der Waals surface area (Å²) in [4.78, 5) is 0. The summed E-state index contributed by atoms with van der Waals surface area (Å²) in [7, 11) is 0. The summed E-state index contributed by atoms with van der Waals surface area (Å²) in [5.74, 6) is 0. The monoisotopic (exact) mass is 219 g/mol. The summed E-state index contributed by atoms with van der Waals surface area (Å²) in [6, 6.07) is 0. The van der Waals surface area contributed by atoms with E-state index in [0.717, 1.165) is 0 Å². The van der Waals surface area contributed by atoms with Crippen LogP contribution in [0.2, 0.25) is 0 Å². The first-order chi connectivity index (χ1) is 0. The van der Waals surface area contributed by atoms with E-state index in [2.05, 4.69) is 0 Å². The van der Waals surface area contributed by atoms with Crippen LogP contribution in [0.4, 0.5) is 0 Å². The molecule has 0 spiro atoms. The molecule has 0 amide bonds. The minimum absolute atomic E-state index is 0. The van der Waals surface area contributed by atoms with E-state index in [1.165, 1.54) is 0 Å². The average molecular weight is 219 g/mol. The first-order valence-corrected chi connectivity index (χ1v) is 0. The van der Waals surface area contributed by atoms with E-state index >= 15 is 0 Å². The third-order valence-electron chi connectivity index (χ3n) is 0. The summed E-state index contributed by atoms with van der Waals surface area (Å²) in [5, 5.41) is 0. The summed E-state index contributed by atoms with van der Waals surface area (Å²) >= 11 is 0. The van der Waals surface area contributed by atoms with Gasteiger partial charge in [0.2, 0.25) is 0 Å². The van der Waals surface area contributed by atoms with Crippen LogP contribution in [0.3, 0.4) is 0 Å². The minimum Gasteiger partial charge on any atom is -2.00 e. The van der Waals surface area contributed by atoms with Gasteiger partial charge in [0.15, 0.2) is 0 Å². The van der Waals surface area contributed by atoms with Crippen LogP contribution in [0.5, 0.6) is 0 Å². The Labute approximate surface area is 67.4 Å². The average Bonchev–Trinajstić information content (AvgIpc) is 0. The van der Waals surface area contributed by atoms with Crippen molar-refractivity contribution in [3.8, 4) is 0 Å². The number of hydrogen-bond acceptors (Lipinski definition) is 0. The van der Waals surface area contributed by atoms with Crippen molar-refractivity contribution in [3.63, 3.8) is 0 Å². The Morgan fingerprint density at radius 3 is 0.750 bits per heavy atom. The molecule has 0 atom stereocenters. The van der Waals surface area contributed by atoms with Crippen LogP contribution in [-0.4, -0.2) is 0 Å². The van der Waals surface area contributed by atoms with E-state index in [1.54, 1.807) is 0 Å². The normalized spacial score (nSPS) is 0. The van der Waals surface area contributed by atoms with Gasteiger partial charge in [-0.05, 0) is 0 Å². The Balaban J connectivity index is 0. The van der Waals surface area contributed by atoms with Gasteiger partial charge < -0.3 is 11.0 Å². The Morgan fingerprint density at radius 2 is 0.750 bits per heavy atom. The van der Waals surface area contributed by atoms with Crippen molar-refractivity contribution < 1.29 is 68.3 Å². The molecule has 0 N–H and O–H groups in total. The van der Waals surface area contributed by atoms with Crippen LogP contribution in [-0.2, 0) is 32.7 Å². The maximum Gasteiger partial charge on any atom is 4.00 e. The molecule has 4 heteroatoms. The third kappa shape index (κ3) is 9.16. The Bertz CT molecular complexity index is 6.00. The number of hydrogen-bond donors (Lipinski definition) is 0. The Morgan fingerprint density at radius 1 is 0.750 bits per heavy atom. The van der Waals surface area contributed by atoms with Crippen molar-refractivity contribution in [1.82, 2.24) is 0 Å². The molecule has 0 aliphatic heterocycles. The van der Waals surface area contributed by atoms with Crippen LogP contribution in [0, 0.1) is 35.6 Å². The summed E-state index contributed by atoms with van der Waals surface area (Å²) in [6.45, 7) is 0. The van der Waals surface area contributed by atoms with Gasteiger partial charge in [0.25, 0.3) is 0 Å². The van der Waals surface area contributed by atoms with Crippen LogP contribution in [0.25, 0.3) is 0 Å². The molecule has 1 radical (unpaired) electrons. The van der Waals surface area contributed by atoms with Crippen molar-refractivity contribution >= 4 is 0 Å². The zero-order valence-corrected chi connectivity index (χ0v) is 7.08. The second-order valence-corrected chi connectivity index (χ2v) is 0. The van der Waals surface area contributed by atoms with Crippen LogP contribution in [0.15, 0.2) is 0 Å². The van der Waals surface area contributed by atoms with Crippen LogP contribution < -0.4 is 0 Å². The van der Waals surface area contributed by atoms with E-state index in [0.29, 0.717) is 0 Å². The molecule has 0 aromatic carbocycles. The molecule has 0 aliphatic carbocycles. The largest absolute Gasteiger partial charge is 4.00 e. The fourth-order valence-electron chi connectivity index (χ4n) is 0. The standard InChI is InChI=1S/La.2O.Ti/q;2*-2;+4. The molecule has 19 valence electrons. The molecule has 0 saturated heterocycles. The third-order valence-corrected chi connectivity index (χ3v) is 0. The molecule has 0 bridgehead atoms. The van der Waals surface area contributed by atoms with E-state index in [4.69, 9.17) is 0 Å². The molecule has 4 heavy (non-hydrogen) atoms. The Kier molecular flexibility index (Phi) is 215. The molecule has 0 unspecified atom stereocenters. The van der Waals surface area contributed by atoms with Crippen LogP contribution in [0.1, 0.15) is 0 Å². The first-order valence-electron chi connectivity index (χ1n) is 0. The van der Waals surface area contributed by atoms with Gasteiger partial charge in [-0.15, -0.1) is 0 Å². The van der Waals surface area contributed by atoms with E-state index in [-0.39, 0.29) is 68.3 Å². The molecular weight excluding hydrogens is 219 g/mol. The molecule has 2 nitrogen and oxygen atoms in total. The second-order valence-electron chi connectivity index (χ2n) is 0. The molecule has 0 aliphatic rings. The maximum absolute atomic E-state index is 0. The van der Waals surface area contributed by atoms with Crippen molar-refractivity contribution in [2.24, 2.45) is 0 Å².